The highest BCUT2D eigenvalue weighted by atomic mass is 35.5. The number of rotatable bonds is 8. The van der Waals surface area contributed by atoms with Gasteiger partial charge < -0.3 is 14.7 Å². The Hall–Kier alpha value is -3.61. The van der Waals surface area contributed by atoms with Gasteiger partial charge in [-0.05, 0) is 92.9 Å². The van der Waals surface area contributed by atoms with E-state index in [2.05, 4.69) is 4.90 Å². The number of anilines is 1. The van der Waals surface area contributed by atoms with E-state index in [9.17, 15) is 35.9 Å². The summed E-state index contributed by atoms with van der Waals surface area (Å²) in [4.78, 5) is 12.9. The van der Waals surface area contributed by atoms with Gasteiger partial charge in [-0.15, -0.1) is 0 Å². The number of piperidine rings is 1. The minimum absolute atomic E-state index is 0.132. The van der Waals surface area contributed by atoms with E-state index in [0.29, 0.717) is 56.1 Å². The van der Waals surface area contributed by atoms with Crippen molar-refractivity contribution >= 4 is 44.9 Å². The Morgan fingerprint density at radius 2 is 1.80 bits per heavy atom. The van der Waals surface area contributed by atoms with E-state index in [1.54, 1.807) is 31.2 Å². The van der Waals surface area contributed by atoms with Crippen LogP contribution in [0.15, 0.2) is 65.6 Å². The van der Waals surface area contributed by atoms with Crippen LogP contribution in [0.1, 0.15) is 42.9 Å². The summed E-state index contributed by atoms with van der Waals surface area (Å²) in [6.45, 7) is 3.17. The van der Waals surface area contributed by atoms with E-state index < -0.39 is 50.5 Å². The summed E-state index contributed by atoms with van der Waals surface area (Å²) in [6.07, 6.45) is -2.32. The molecule has 0 spiro atoms. The zero-order valence-electron chi connectivity index (χ0n) is 24.2. The first-order valence-corrected chi connectivity index (χ1v) is 16.1. The van der Waals surface area contributed by atoms with E-state index in [1.807, 2.05) is 0 Å². The smallest absolute Gasteiger partial charge is 0.416 e. The number of fused-ring (bicyclic) bond motifs is 1. The lowest BCUT2D eigenvalue weighted by molar-refractivity contribution is -0.143. The van der Waals surface area contributed by atoms with Crippen molar-refractivity contribution in [3.63, 3.8) is 0 Å². The van der Waals surface area contributed by atoms with E-state index in [-0.39, 0.29) is 28.6 Å². The quantitative estimate of drug-likeness (QED) is 0.202. The molecule has 45 heavy (non-hydrogen) atoms. The van der Waals surface area contributed by atoms with Crippen LogP contribution in [0.4, 0.5) is 23.2 Å². The molecule has 1 fully saturated rings. The molecule has 0 bridgehead atoms. The number of carboxylic acids is 1. The Balaban J connectivity index is 1.47. The number of halogens is 5. The highest BCUT2D eigenvalue weighted by Gasteiger charge is 2.37. The number of likely N-dealkylation sites (tertiary alicyclic amines) is 1. The van der Waals surface area contributed by atoms with Crippen LogP contribution in [-0.2, 0) is 21.0 Å². The third-order valence-corrected chi connectivity index (χ3v) is 10.2. The van der Waals surface area contributed by atoms with Crippen molar-refractivity contribution in [1.29, 1.82) is 0 Å². The second-order valence-electron chi connectivity index (χ2n) is 11.2. The second-order valence-corrected chi connectivity index (χ2v) is 13.5. The Kier molecular flexibility index (Phi) is 9.48. The predicted octanol–water partition coefficient (Wildman–Crippen LogP) is 7.20. The van der Waals surface area contributed by atoms with E-state index >= 15 is 0 Å². The molecular weight excluding hydrogens is 636 g/mol. The van der Waals surface area contributed by atoms with Crippen LogP contribution in [0.2, 0.25) is 5.02 Å². The lowest BCUT2D eigenvalue weighted by atomic mass is 9.97. The molecule has 240 valence electrons. The zero-order chi connectivity index (χ0) is 32.5. The Morgan fingerprint density at radius 3 is 2.47 bits per heavy atom. The van der Waals surface area contributed by atoms with Crippen molar-refractivity contribution in [3.8, 4) is 5.75 Å². The number of benzene rings is 3. The summed E-state index contributed by atoms with van der Waals surface area (Å²) >= 11 is 6.23. The molecule has 5 rings (SSSR count). The van der Waals surface area contributed by atoms with Crippen molar-refractivity contribution in [1.82, 2.24) is 4.90 Å². The second kappa shape index (κ2) is 13.0. The number of carboxylic acid groups (broad SMARTS) is 1. The van der Waals surface area contributed by atoms with Crippen LogP contribution in [0.5, 0.6) is 5.75 Å². The molecule has 1 atom stereocenters. The first-order chi connectivity index (χ1) is 21.2. The minimum atomic E-state index is -4.74. The molecule has 13 heteroatoms. The molecule has 2 heterocycles. The van der Waals surface area contributed by atoms with Crippen LogP contribution < -0.4 is 9.04 Å². The molecule has 3 aromatic rings. The summed E-state index contributed by atoms with van der Waals surface area (Å²) < 4.78 is 90.3. The molecule has 0 saturated carbocycles. The van der Waals surface area contributed by atoms with E-state index in [1.165, 1.54) is 18.2 Å². The number of ether oxygens (including phenoxy) is 1. The fourth-order valence-corrected chi connectivity index (χ4v) is 7.54. The standard InChI is InChI=1S/C32H31ClF4N2O5S/c1-20(30-26(33)6-3-7-27(30)34)16-21-8-9-29-28(17-21)39(45(42,43)25-5-2-4-23(18-25)32(35,36)37)19-24(44-29)12-15-38-13-10-22(11-14-38)31(40)41/h2-9,16-18,22,24H,10-15,19H2,1H3,(H,40,41)/b20-16+/t24-/m0/s1. The van der Waals surface area contributed by atoms with Gasteiger partial charge in [-0.1, -0.05) is 35.9 Å². The van der Waals surface area contributed by atoms with E-state index in [0.717, 1.165) is 22.5 Å². The molecule has 0 radical (unpaired) electrons. The van der Waals surface area contributed by atoms with Gasteiger partial charge in [0.1, 0.15) is 17.7 Å². The Labute approximate surface area is 263 Å². The number of alkyl halides is 3. The molecule has 0 unspecified atom stereocenters. The number of allylic oxidation sites excluding steroid dienone is 1. The Morgan fingerprint density at radius 1 is 1.09 bits per heavy atom. The molecule has 1 saturated heterocycles. The maximum atomic E-state index is 14.6. The molecule has 1 N–H and O–H groups in total. The molecule has 0 aromatic heterocycles. The van der Waals surface area contributed by atoms with Gasteiger partial charge in [-0.25, -0.2) is 12.8 Å². The van der Waals surface area contributed by atoms with Crippen molar-refractivity contribution in [2.75, 3.05) is 30.5 Å². The maximum Gasteiger partial charge on any atom is 0.416 e. The van der Waals surface area contributed by atoms with Crippen molar-refractivity contribution < 1.29 is 40.6 Å². The van der Waals surface area contributed by atoms with Gasteiger partial charge in [0.25, 0.3) is 10.0 Å². The van der Waals surface area contributed by atoms with Gasteiger partial charge in [0.15, 0.2) is 0 Å². The van der Waals surface area contributed by atoms with Crippen LogP contribution in [0.25, 0.3) is 11.6 Å². The lowest BCUT2D eigenvalue weighted by Gasteiger charge is -2.37. The van der Waals surface area contributed by atoms with Crippen molar-refractivity contribution in [2.45, 2.75) is 43.4 Å². The third-order valence-electron chi connectivity index (χ3n) is 8.11. The fraction of sp³-hybridized carbons (Fsp3) is 0.344. The van der Waals surface area contributed by atoms with Gasteiger partial charge in [-0.2, -0.15) is 13.2 Å². The normalized spacial score (nSPS) is 18.4. The summed E-state index contributed by atoms with van der Waals surface area (Å²) in [5.74, 6) is -1.52. The average molecular weight is 667 g/mol. The summed E-state index contributed by atoms with van der Waals surface area (Å²) in [5.41, 5.74) is 0.207. The summed E-state index contributed by atoms with van der Waals surface area (Å²) in [5, 5.41) is 9.48. The predicted molar refractivity (Wildman–Crippen MR) is 163 cm³/mol. The highest BCUT2D eigenvalue weighted by molar-refractivity contribution is 7.92. The highest BCUT2D eigenvalue weighted by Crippen LogP contribution is 2.40. The molecule has 3 aromatic carbocycles. The lowest BCUT2D eigenvalue weighted by Crippen LogP contribution is -2.45. The summed E-state index contributed by atoms with van der Waals surface area (Å²) in [6, 6.07) is 12.7. The SMILES string of the molecule is C/C(=C\c1ccc2c(c1)N(S(=O)(=O)c1cccc(C(F)(F)F)c1)C[C@H](CCN1CCC(C(=O)O)CC1)O2)c1c(F)cccc1Cl. The number of hydrogen-bond donors (Lipinski definition) is 1. The van der Waals surface area contributed by atoms with Crippen LogP contribution in [-0.4, -0.2) is 56.7 Å². The molecular formula is C32H31ClF4N2O5S. The van der Waals surface area contributed by atoms with Gasteiger partial charge in [0.2, 0.25) is 0 Å². The number of sulfonamides is 1. The number of carbonyl (C=O) groups is 1. The first-order valence-electron chi connectivity index (χ1n) is 14.3. The van der Waals surface area contributed by atoms with Gasteiger partial charge in [0.05, 0.1) is 33.6 Å². The van der Waals surface area contributed by atoms with Crippen LogP contribution in [0, 0.1) is 11.7 Å². The molecule has 2 aliphatic rings. The van der Waals surface area contributed by atoms with Gasteiger partial charge in [-0.3, -0.25) is 9.10 Å². The zero-order valence-corrected chi connectivity index (χ0v) is 25.8. The van der Waals surface area contributed by atoms with Gasteiger partial charge in [0, 0.05) is 12.1 Å². The van der Waals surface area contributed by atoms with Crippen molar-refractivity contribution in [2.24, 2.45) is 5.92 Å². The minimum Gasteiger partial charge on any atom is -0.486 e. The number of hydrogen-bond acceptors (Lipinski definition) is 5. The first kappa shape index (κ1) is 32.8. The van der Waals surface area contributed by atoms with Crippen molar-refractivity contribution in [3.05, 3.63) is 88.2 Å². The topological polar surface area (TPSA) is 87.2 Å². The fourth-order valence-electron chi connectivity index (χ4n) is 5.68. The third kappa shape index (κ3) is 7.29. The monoisotopic (exact) mass is 666 g/mol. The largest absolute Gasteiger partial charge is 0.486 e. The molecule has 7 nitrogen and oxygen atoms in total. The maximum absolute atomic E-state index is 14.6. The number of aliphatic carboxylic acids is 1. The van der Waals surface area contributed by atoms with E-state index in [4.69, 9.17) is 16.3 Å². The molecule has 0 amide bonds. The van der Waals surface area contributed by atoms with Gasteiger partial charge >= 0.3 is 12.1 Å². The average Bonchev–Trinajstić information content (AvgIpc) is 2.99. The molecule has 2 aliphatic heterocycles. The molecule has 0 aliphatic carbocycles. The Bertz CT molecular complexity index is 1700. The van der Waals surface area contributed by atoms with Crippen LogP contribution >= 0.6 is 11.6 Å². The number of nitrogens with zero attached hydrogens (tertiary/aromatic N) is 2. The van der Waals surface area contributed by atoms with Crippen LogP contribution in [0.3, 0.4) is 0 Å². The summed E-state index contributed by atoms with van der Waals surface area (Å²) in [7, 11) is -4.49.